The van der Waals surface area contributed by atoms with E-state index in [1.54, 1.807) is 18.2 Å². The van der Waals surface area contributed by atoms with Crippen LogP contribution in [0.5, 0.6) is 5.75 Å². The molecule has 1 atom stereocenters. The first kappa shape index (κ1) is 14.2. The predicted molar refractivity (Wildman–Crippen MR) is 78.2 cm³/mol. The largest absolute Gasteiger partial charge is 0.493 e. The molecule has 0 spiro atoms. The van der Waals surface area contributed by atoms with E-state index in [4.69, 9.17) is 27.9 Å². The van der Waals surface area contributed by atoms with Crippen molar-refractivity contribution in [1.29, 1.82) is 0 Å². The number of hydrogen-bond donors (Lipinski definition) is 1. The Labute approximate surface area is 122 Å². The fraction of sp³-hybridized carbons (Fsp3) is 0.200. The highest BCUT2D eigenvalue weighted by molar-refractivity contribution is 6.30. The van der Waals surface area contributed by atoms with Gasteiger partial charge in [-0.2, -0.15) is 0 Å². The molecule has 2 aromatic carbocycles. The van der Waals surface area contributed by atoms with Crippen molar-refractivity contribution < 1.29 is 9.84 Å². The maximum atomic E-state index is 9.45. The Morgan fingerprint density at radius 1 is 1.00 bits per heavy atom. The van der Waals surface area contributed by atoms with Crippen molar-refractivity contribution in [3.8, 4) is 5.75 Å². The van der Waals surface area contributed by atoms with E-state index in [2.05, 4.69) is 0 Å². The zero-order valence-electron chi connectivity index (χ0n) is 10.2. The molecule has 2 nitrogen and oxygen atoms in total. The minimum Gasteiger partial charge on any atom is -0.493 e. The van der Waals surface area contributed by atoms with Crippen LogP contribution in [0.15, 0.2) is 48.5 Å². The van der Waals surface area contributed by atoms with Crippen LogP contribution in [0.2, 0.25) is 10.0 Å². The highest BCUT2D eigenvalue weighted by Gasteiger charge is 2.12. The van der Waals surface area contributed by atoms with Crippen LogP contribution in [0.3, 0.4) is 0 Å². The molecule has 19 heavy (non-hydrogen) atoms. The molecule has 0 bridgehead atoms. The summed E-state index contributed by atoms with van der Waals surface area (Å²) in [5.41, 5.74) is 0.956. The number of aliphatic hydroxyl groups is 1. The van der Waals surface area contributed by atoms with Gasteiger partial charge in [0, 0.05) is 16.0 Å². The molecule has 0 amide bonds. The molecule has 0 heterocycles. The van der Waals surface area contributed by atoms with Crippen LogP contribution in [0.25, 0.3) is 0 Å². The number of benzene rings is 2. The lowest BCUT2D eigenvalue weighted by Crippen LogP contribution is -2.14. The van der Waals surface area contributed by atoms with Crippen molar-refractivity contribution in [1.82, 2.24) is 0 Å². The van der Waals surface area contributed by atoms with Gasteiger partial charge in [0.2, 0.25) is 0 Å². The molecule has 1 N–H and O–H groups in total. The molecule has 0 saturated carbocycles. The van der Waals surface area contributed by atoms with Gasteiger partial charge in [0.05, 0.1) is 13.2 Å². The second-order valence-corrected chi connectivity index (χ2v) is 5.08. The van der Waals surface area contributed by atoms with Gasteiger partial charge in [-0.3, -0.25) is 0 Å². The molecule has 4 heteroatoms. The second kappa shape index (κ2) is 6.80. The van der Waals surface area contributed by atoms with Crippen LogP contribution in [0.1, 0.15) is 11.5 Å². The van der Waals surface area contributed by atoms with Crippen molar-refractivity contribution >= 4 is 23.2 Å². The summed E-state index contributed by atoms with van der Waals surface area (Å²) in [6.07, 6.45) is 0. The summed E-state index contributed by atoms with van der Waals surface area (Å²) >= 11 is 11.8. The molecular weight excluding hydrogens is 283 g/mol. The maximum absolute atomic E-state index is 9.45. The Hall–Kier alpha value is -1.22. The summed E-state index contributed by atoms with van der Waals surface area (Å²) in [6.45, 7) is 0.373. The Balaban J connectivity index is 2.04. The minimum atomic E-state index is -0.113. The molecule has 0 saturated heterocycles. The Bertz CT molecular complexity index is 543. The van der Waals surface area contributed by atoms with Gasteiger partial charge in [0.25, 0.3) is 0 Å². The van der Waals surface area contributed by atoms with E-state index in [9.17, 15) is 5.11 Å². The molecule has 0 aliphatic carbocycles. The molecular formula is C15H14Cl2O2. The van der Waals surface area contributed by atoms with Crippen LogP contribution in [-0.2, 0) is 0 Å². The lowest BCUT2D eigenvalue weighted by atomic mass is 10.0. The molecule has 0 radical (unpaired) electrons. The number of halogens is 2. The average molecular weight is 297 g/mol. The number of aliphatic hydroxyl groups excluding tert-OH is 1. The van der Waals surface area contributed by atoms with Gasteiger partial charge in [0.15, 0.2) is 0 Å². The quantitative estimate of drug-likeness (QED) is 0.898. The second-order valence-electron chi connectivity index (χ2n) is 4.20. The van der Waals surface area contributed by atoms with Crippen molar-refractivity contribution in [2.45, 2.75) is 5.92 Å². The summed E-state index contributed by atoms with van der Waals surface area (Å²) in [4.78, 5) is 0. The van der Waals surface area contributed by atoms with Crippen molar-refractivity contribution in [2.24, 2.45) is 0 Å². The van der Waals surface area contributed by atoms with Gasteiger partial charge in [-0.25, -0.2) is 0 Å². The van der Waals surface area contributed by atoms with Gasteiger partial charge in [-0.1, -0.05) is 41.4 Å². The van der Waals surface area contributed by atoms with E-state index in [0.29, 0.717) is 22.4 Å². The zero-order valence-corrected chi connectivity index (χ0v) is 11.7. The van der Waals surface area contributed by atoms with E-state index in [1.807, 2.05) is 30.3 Å². The Morgan fingerprint density at radius 2 is 1.68 bits per heavy atom. The van der Waals surface area contributed by atoms with Gasteiger partial charge >= 0.3 is 0 Å². The highest BCUT2D eigenvalue weighted by Crippen LogP contribution is 2.22. The van der Waals surface area contributed by atoms with E-state index in [-0.39, 0.29) is 12.5 Å². The molecule has 100 valence electrons. The molecule has 0 aromatic heterocycles. The molecule has 2 rings (SSSR count). The van der Waals surface area contributed by atoms with Crippen molar-refractivity contribution in [3.05, 3.63) is 64.1 Å². The zero-order chi connectivity index (χ0) is 13.7. The predicted octanol–water partition coefficient (Wildman–Crippen LogP) is 4.15. The Morgan fingerprint density at radius 3 is 2.32 bits per heavy atom. The molecule has 0 aliphatic heterocycles. The fourth-order valence-electron chi connectivity index (χ4n) is 1.77. The summed E-state index contributed by atoms with van der Waals surface area (Å²) in [6, 6.07) is 14.6. The van der Waals surface area contributed by atoms with E-state index in [1.165, 1.54) is 0 Å². The molecule has 1 unspecified atom stereocenters. The monoisotopic (exact) mass is 296 g/mol. The van der Waals surface area contributed by atoms with Gasteiger partial charge in [-0.15, -0.1) is 0 Å². The normalized spacial score (nSPS) is 12.2. The third-order valence-electron chi connectivity index (χ3n) is 2.79. The molecule has 2 aromatic rings. The van der Waals surface area contributed by atoms with Crippen LogP contribution in [0.4, 0.5) is 0 Å². The summed E-state index contributed by atoms with van der Waals surface area (Å²) in [5, 5.41) is 10.7. The van der Waals surface area contributed by atoms with E-state index < -0.39 is 0 Å². The first-order valence-electron chi connectivity index (χ1n) is 5.93. The SMILES string of the molecule is OCC(COc1cccc(Cl)c1)c1cccc(Cl)c1. The van der Waals surface area contributed by atoms with Crippen molar-refractivity contribution in [2.75, 3.05) is 13.2 Å². The van der Waals surface area contributed by atoms with Gasteiger partial charge in [0.1, 0.15) is 5.75 Å². The van der Waals surface area contributed by atoms with Crippen molar-refractivity contribution in [3.63, 3.8) is 0 Å². The molecule has 0 fully saturated rings. The number of hydrogen-bond acceptors (Lipinski definition) is 2. The van der Waals surface area contributed by atoms with Crippen LogP contribution in [-0.4, -0.2) is 18.3 Å². The van der Waals surface area contributed by atoms with Gasteiger partial charge < -0.3 is 9.84 Å². The van der Waals surface area contributed by atoms with Crippen LogP contribution < -0.4 is 4.74 Å². The average Bonchev–Trinajstić information content (AvgIpc) is 2.40. The Kier molecular flexibility index (Phi) is 5.08. The van der Waals surface area contributed by atoms with E-state index in [0.717, 1.165) is 5.56 Å². The number of rotatable bonds is 5. The molecule has 0 aliphatic rings. The summed E-state index contributed by atoms with van der Waals surface area (Å²) < 4.78 is 5.65. The topological polar surface area (TPSA) is 29.5 Å². The lowest BCUT2D eigenvalue weighted by molar-refractivity contribution is 0.205. The third-order valence-corrected chi connectivity index (χ3v) is 3.26. The minimum absolute atomic E-state index is 0.000901. The first-order chi connectivity index (χ1) is 9.19. The summed E-state index contributed by atoms with van der Waals surface area (Å²) in [7, 11) is 0. The lowest BCUT2D eigenvalue weighted by Gasteiger charge is -2.16. The highest BCUT2D eigenvalue weighted by atomic mass is 35.5. The fourth-order valence-corrected chi connectivity index (χ4v) is 2.15. The van der Waals surface area contributed by atoms with E-state index >= 15 is 0 Å². The number of ether oxygens (including phenoxy) is 1. The van der Waals surface area contributed by atoms with Crippen LogP contribution >= 0.6 is 23.2 Å². The smallest absolute Gasteiger partial charge is 0.120 e. The summed E-state index contributed by atoms with van der Waals surface area (Å²) in [5.74, 6) is 0.575. The van der Waals surface area contributed by atoms with Crippen LogP contribution in [0, 0.1) is 0 Å². The standard InChI is InChI=1S/C15H14Cl2O2/c16-13-4-1-3-11(7-13)12(9-18)10-19-15-6-2-5-14(17)8-15/h1-8,12,18H,9-10H2. The first-order valence-corrected chi connectivity index (χ1v) is 6.69. The van der Waals surface area contributed by atoms with Gasteiger partial charge in [-0.05, 0) is 35.9 Å². The maximum Gasteiger partial charge on any atom is 0.120 e. The third kappa shape index (κ3) is 4.13.